The first-order valence-electron chi connectivity index (χ1n) is 10.7. The summed E-state index contributed by atoms with van der Waals surface area (Å²) < 4.78 is 0. The molecule has 0 aromatic carbocycles. The predicted molar refractivity (Wildman–Crippen MR) is 125 cm³/mol. The van der Waals surface area contributed by atoms with Crippen LogP contribution in [0.25, 0.3) is 10.2 Å². The van der Waals surface area contributed by atoms with Crippen LogP contribution in [-0.4, -0.2) is 40.5 Å². The molecule has 8 heteroatoms. The largest absolute Gasteiger partial charge is 0.356 e. The van der Waals surface area contributed by atoms with Crippen LogP contribution in [-0.2, 0) is 11.2 Å². The van der Waals surface area contributed by atoms with Crippen molar-refractivity contribution in [3.63, 3.8) is 0 Å². The maximum Gasteiger partial charge on any atom is 0.223 e. The molecule has 0 aliphatic carbocycles. The lowest BCUT2D eigenvalue weighted by molar-refractivity contribution is -0.125. The van der Waals surface area contributed by atoms with E-state index < -0.39 is 0 Å². The van der Waals surface area contributed by atoms with E-state index in [0.29, 0.717) is 0 Å². The van der Waals surface area contributed by atoms with E-state index in [1.807, 2.05) is 6.92 Å². The number of piperidine rings is 1. The summed E-state index contributed by atoms with van der Waals surface area (Å²) in [4.78, 5) is 30.8. The van der Waals surface area contributed by atoms with Crippen LogP contribution < -0.4 is 10.2 Å². The molecule has 4 heterocycles. The predicted octanol–water partition coefficient (Wildman–Crippen LogP) is 4.43. The van der Waals surface area contributed by atoms with Crippen molar-refractivity contribution in [3.8, 4) is 0 Å². The Bertz CT molecular complexity index is 1020. The average molecular weight is 444 g/mol. The van der Waals surface area contributed by atoms with Crippen molar-refractivity contribution in [2.45, 2.75) is 52.9 Å². The van der Waals surface area contributed by atoms with Gasteiger partial charge in [-0.15, -0.1) is 22.7 Å². The second-order valence-corrected chi connectivity index (χ2v) is 10.2. The molecule has 30 heavy (non-hydrogen) atoms. The van der Waals surface area contributed by atoms with Crippen molar-refractivity contribution in [2.75, 3.05) is 24.5 Å². The molecule has 0 radical (unpaired) electrons. The van der Waals surface area contributed by atoms with Gasteiger partial charge in [-0.2, -0.15) is 0 Å². The van der Waals surface area contributed by atoms with Crippen molar-refractivity contribution in [3.05, 3.63) is 32.8 Å². The third kappa shape index (κ3) is 4.64. The number of amides is 1. The monoisotopic (exact) mass is 443 g/mol. The van der Waals surface area contributed by atoms with E-state index in [-0.39, 0.29) is 11.8 Å². The molecule has 1 amide bonds. The van der Waals surface area contributed by atoms with Gasteiger partial charge in [0.15, 0.2) is 0 Å². The second-order valence-electron chi connectivity index (χ2n) is 8.05. The highest BCUT2D eigenvalue weighted by Gasteiger charge is 2.27. The van der Waals surface area contributed by atoms with Gasteiger partial charge in [0.05, 0.1) is 10.4 Å². The minimum atomic E-state index is 0.102. The number of nitrogens with one attached hydrogen (secondary N) is 1. The zero-order valence-corrected chi connectivity index (χ0v) is 19.5. The van der Waals surface area contributed by atoms with E-state index in [1.165, 1.54) is 20.8 Å². The van der Waals surface area contributed by atoms with E-state index in [2.05, 4.69) is 44.4 Å². The maximum atomic E-state index is 12.6. The van der Waals surface area contributed by atoms with Crippen molar-refractivity contribution in [2.24, 2.45) is 5.92 Å². The lowest BCUT2D eigenvalue weighted by Gasteiger charge is -2.32. The van der Waals surface area contributed by atoms with E-state index in [4.69, 9.17) is 0 Å². The van der Waals surface area contributed by atoms with E-state index in [1.54, 1.807) is 29.0 Å². The van der Waals surface area contributed by atoms with Crippen molar-refractivity contribution in [1.82, 2.24) is 20.3 Å². The van der Waals surface area contributed by atoms with Gasteiger partial charge >= 0.3 is 0 Å². The van der Waals surface area contributed by atoms with Crippen LogP contribution in [0.3, 0.4) is 0 Å². The fourth-order valence-electron chi connectivity index (χ4n) is 4.03. The molecule has 6 nitrogen and oxygen atoms in total. The van der Waals surface area contributed by atoms with E-state index in [0.717, 1.165) is 68.1 Å². The van der Waals surface area contributed by atoms with Gasteiger partial charge < -0.3 is 10.2 Å². The molecular formula is C22H29N5OS2. The maximum absolute atomic E-state index is 12.6. The number of carbonyl (C=O) groups is 1. The van der Waals surface area contributed by atoms with Gasteiger partial charge in [0.1, 0.15) is 17.0 Å². The van der Waals surface area contributed by atoms with Crippen molar-refractivity contribution >= 4 is 44.6 Å². The van der Waals surface area contributed by atoms with Gasteiger partial charge in [-0.3, -0.25) is 4.79 Å². The molecule has 3 aromatic heterocycles. The number of thiophene rings is 1. The molecule has 3 aromatic rings. The number of aromatic nitrogens is 3. The number of anilines is 1. The number of fused-ring (bicyclic) bond motifs is 1. The zero-order chi connectivity index (χ0) is 21.1. The number of aryl methyl sites for hydroxylation is 4. The van der Waals surface area contributed by atoms with Gasteiger partial charge in [0.2, 0.25) is 5.91 Å². The summed E-state index contributed by atoms with van der Waals surface area (Å²) in [5, 5.41) is 7.61. The molecule has 0 saturated carbocycles. The average Bonchev–Trinajstić information content (AvgIpc) is 3.30. The van der Waals surface area contributed by atoms with E-state index in [9.17, 15) is 4.79 Å². The Morgan fingerprint density at radius 1 is 1.20 bits per heavy atom. The molecule has 0 bridgehead atoms. The van der Waals surface area contributed by atoms with Gasteiger partial charge in [-0.25, -0.2) is 15.0 Å². The molecule has 0 unspecified atom stereocenters. The number of thiazole rings is 1. The molecule has 1 fully saturated rings. The molecule has 1 N–H and O–H groups in total. The SMILES string of the molecule is Cc1csc(CCCCNC(=O)C2CCN(c3ncnc4sc(C)c(C)c34)CC2)n1. The van der Waals surface area contributed by atoms with Crippen LogP contribution in [0, 0.1) is 26.7 Å². The molecule has 0 spiro atoms. The summed E-state index contributed by atoms with van der Waals surface area (Å²) in [5.74, 6) is 1.33. The van der Waals surface area contributed by atoms with Crippen LogP contribution in [0.5, 0.6) is 0 Å². The van der Waals surface area contributed by atoms with Gasteiger partial charge in [0.25, 0.3) is 0 Å². The number of hydrogen-bond donors (Lipinski definition) is 1. The standard InChI is InChI=1S/C22H29N5OS2/c1-14-12-29-18(26-14)6-4-5-9-23-21(28)17-7-10-27(11-8-17)20-19-15(2)16(3)30-22(19)25-13-24-20/h12-13,17H,4-11H2,1-3H3,(H,23,28). The van der Waals surface area contributed by atoms with Crippen LogP contribution >= 0.6 is 22.7 Å². The minimum Gasteiger partial charge on any atom is -0.356 e. The lowest BCUT2D eigenvalue weighted by atomic mass is 9.95. The van der Waals surface area contributed by atoms with Gasteiger partial charge in [0, 0.05) is 41.5 Å². The highest BCUT2D eigenvalue weighted by Crippen LogP contribution is 2.35. The molecule has 4 rings (SSSR count). The fourth-order valence-corrected chi connectivity index (χ4v) is 5.84. The smallest absolute Gasteiger partial charge is 0.223 e. The Morgan fingerprint density at radius 3 is 2.73 bits per heavy atom. The molecule has 1 saturated heterocycles. The van der Waals surface area contributed by atoms with Crippen LogP contribution in [0.4, 0.5) is 5.82 Å². The number of hydrogen-bond acceptors (Lipinski definition) is 7. The molecular weight excluding hydrogens is 414 g/mol. The molecule has 0 atom stereocenters. The number of unbranched alkanes of at least 4 members (excludes halogenated alkanes) is 1. The molecule has 1 aliphatic heterocycles. The zero-order valence-electron chi connectivity index (χ0n) is 17.9. The highest BCUT2D eigenvalue weighted by molar-refractivity contribution is 7.18. The Labute approximate surface area is 185 Å². The quantitative estimate of drug-likeness (QED) is 0.547. The third-order valence-corrected chi connectivity index (χ3v) is 8.04. The summed E-state index contributed by atoms with van der Waals surface area (Å²) in [5.41, 5.74) is 2.38. The van der Waals surface area contributed by atoms with Crippen LogP contribution in [0.15, 0.2) is 11.7 Å². The fraction of sp³-hybridized carbons (Fsp3) is 0.545. The Morgan fingerprint density at radius 2 is 2.00 bits per heavy atom. The Balaban J connectivity index is 1.24. The summed E-state index contributed by atoms with van der Waals surface area (Å²) in [6.45, 7) is 8.80. The van der Waals surface area contributed by atoms with Crippen LogP contribution in [0.2, 0.25) is 0 Å². The third-order valence-electron chi connectivity index (χ3n) is 5.89. The Kier molecular flexibility index (Phi) is 6.63. The molecule has 1 aliphatic rings. The van der Waals surface area contributed by atoms with Gasteiger partial charge in [-0.1, -0.05) is 0 Å². The summed E-state index contributed by atoms with van der Waals surface area (Å²) in [6, 6.07) is 0. The number of carbonyl (C=O) groups excluding carboxylic acids is 1. The summed E-state index contributed by atoms with van der Waals surface area (Å²) >= 11 is 3.46. The van der Waals surface area contributed by atoms with Gasteiger partial charge in [-0.05, 0) is 58.4 Å². The minimum absolute atomic E-state index is 0.102. The van der Waals surface area contributed by atoms with Crippen molar-refractivity contribution < 1.29 is 4.79 Å². The van der Waals surface area contributed by atoms with E-state index >= 15 is 0 Å². The normalized spacial score (nSPS) is 15.1. The number of nitrogens with zero attached hydrogens (tertiary/aromatic N) is 4. The first-order chi connectivity index (χ1) is 14.5. The second kappa shape index (κ2) is 9.39. The summed E-state index contributed by atoms with van der Waals surface area (Å²) in [6.07, 6.45) is 6.48. The highest BCUT2D eigenvalue weighted by atomic mass is 32.1. The first kappa shape index (κ1) is 21.2. The van der Waals surface area contributed by atoms with Crippen molar-refractivity contribution in [1.29, 1.82) is 0 Å². The number of rotatable bonds is 7. The molecule has 160 valence electrons. The first-order valence-corrected chi connectivity index (χ1v) is 12.4. The van der Waals surface area contributed by atoms with Crippen LogP contribution in [0.1, 0.15) is 46.8 Å². The Hall–Kier alpha value is -2.06. The topological polar surface area (TPSA) is 71.0 Å². The summed E-state index contributed by atoms with van der Waals surface area (Å²) in [7, 11) is 0. The lowest BCUT2D eigenvalue weighted by Crippen LogP contribution is -2.41.